The molecule has 1 heterocycles. The number of methoxy groups -OCH3 is 1. The number of fused-ring (bicyclic) bond motifs is 1. The zero-order chi connectivity index (χ0) is 15.5. The third-order valence-corrected chi connectivity index (χ3v) is 4.01. The second-order valence-corrected chi connectivity index (χ2v) is 5.50. The summed E-state index contributed by atoms with van der Waals surface area (Å²) in [6, 6.07) is 15.9. The van der Waals surface area contributed by atoms with Crippen LogP contribution in [0.1, 0.15) is 12.5 Å². The van der Waals surface area contributed by atoms with Gasteiger partial charge in [-0.1, -0.05) is 30.3 Å². The minimum absolute atomic E-state index is 0.0726. The van der Waals surface area contributed by atoms with E-state index < -0.39 is 0 Å². The minimum Gasteiger partial charge on any atom is -0.495 e. The highest BCUT2D eigenvalue weighted by Gasteiger charge is 2.30. The van der Waals surface area contributed by atoms with Gasteiger partial charge in [0.2, 0.25) is 5.91 Å². The Morgan fingerprint density at radius 2 is 1.95 bits per heavy atom. The number of amides is 1. The van der Waals surface area contributed by atoms with Gasteiger partial charge in [0.25, 0.3) is 0 Å². The van der Waals surface area contributed by atoms with E-state index in [0.717, 1.165) is 23.5 Å². The molecule has 114 valence electrons. The summed E-state index contributed by atoms with van der Waals surface area (Å²) in [5.41, 5.74) is 3.10. The number of hydrogen-bond donors (Lipinski definition) is 1. The second-order valence-electron chi connectivity index (χ2n) is 5.50. The molecule has 0 bridgehead atoms. The molecule has 1 aliphatic heterocycles. The first-order chi connectivity index (χ1) is 10.7. The lowest BCUT2D eigenvalue weighted by molar-refractivity contribution is -0.117. The maximum Gasteiger partial charge on any atom is 0.246 e. The van der Waals surface area contributed by atoms with Crippen molar-refractivity contribution in [2.45, 2.75) is 19.4 Å². The van der Waals surface area contributed by atoms with Gasteiger partial charge < -0.3 is 15.0 Å². The van der Waals surface area contributed by atoms with Crippen LogP contribution in [-0.2, 0) is 11.2 Å². The number of carbonyl (C=O) groups excluding carboxylic acids is 1. The van der Waals surface area contributed by atoms with Gasteiger partial charge in [0.05, 0.1) is 19.3 Å². The van der Waals surface area contributed by atoms with Crippen LogP contribution in [0.5, 0.6) is 5.75 Å². The standard InChI is InChI=1S/C18H20N2O2/c1-13-11-14-7-3-5-9-16(14)20(13)18(21)12-19-15-8-4-6-10-17(15)22-2/h3-10,13,19H,11-12H2,1-2H3/t13-/m0/s1. The Morgan fingerprint density at radius 1 is 1.23 bits per heavy atom. The van der Waals surface area contributed by atoms with Gasteiger partial charge in [0.1, 0.15) is 5.75 Å². The zero-order valence-corrected chi connectivity index (χ0v) is 12.9. The normalized spacial score (nSPS) is 16.3. The Hall–Kier alpha value is -2.49. The molecule has 4 nitrogen and oxygen atoms in total. The first kappa shape index (κ1) is 14.4. The summed E-state index contributed by atoms with van der Waals surface area (Å²) in [6.07, 6.45) is 0.913. The average molecular weight is 296 g/mol. The number of anilines is 2. The van der Waals surface area contributed by atoms with Crippen LogP contribution in [0.3, 0.4) is 0 Å². The van der Waals surface area contributed by atoms with Crippen LogP contribution < -0.4 is 15.0 Å². The lowest BCUT2D eigenvalue weighted by Gasteiger charge is -2.23. The van der Waals surface area contributed by atoms with E-state index in [9.17, 15) is 4.79 Å². The molecule has 3 rings (SSSR count). The van der Waals surface area contributed by atoms with E-state index in [1.54, 1.807) is 7.11 Å². The average Bonchev–Trinajstić information content (AvgIpc) is 2.88. The molecule has 0 aromatic heterocycles. The minimum atomic E-state index is 0.0726. The zero-order valence-electron chi connectivity index (χ0n) is 12.9. The van der Waals surface area contributed by atoms with Gasteiger partial charge in [-0.25, -0.2) is 0 Å². The Balaban J connectivity index is 1.73. The summed E-state index contributed by atoms with van der Waals surface area (Å²) < 4.78 is 5.29. The quantitative estimate of drug-likeness (QED) is 0.942. The fraction of sp³-hybridized carbons (Fsp3) is 0.278. The first-order valence-corrected chi connectivity index (χ1v) is 7.47. The third kappa shape index (κ3) is 2.64. The van der Waals surface area contributed by atoms with Gasteiger partial charge in [-0.05, 0) is 37.1 Å². The highest BCUT2D eigenvalue weighted by molar-refractivity contribution is 5.98. The van der Waals surface area contributed by atoms with Gasteiger partial charge >= 0.3 is 0 Å². The molecule has 0 unspecified atom stereocenters. The molecule has 0 saturated carbocycles. The summed E-state index contributed by atoms with van der Waals surface area (Å²) >= 11 is 0. The van der Waals surface area contributed by atoms with Crippen LogP contribution in [0.25, 0.3) is 0 Å². The summed E-state index contributed by atoms with van der Waals surface area (Å²) in [6.45, 7) is 2.33. The van der Waals surface area contributed by atoms with E-state index >= 15 is 0 Å². The Labute approximate surface area is 130 Å². The molecule has 0 aliphatic carbocycles. The number of ether oxygens (including phenoxy) is 1. The van der Waals surface area contributed by atoms with Gasteiger partial charge in [-0.2, -0.15) is 0 Å². The largest absolute Gasteiger partial charge is 0.495 e. The lowest BCUT2D eigenvalue weighted by atomic mass is 10.1. The maximum absolute atomic E-state index is 12.6. The van der Waals surface area contributed by atoms with Crippen LogP contribution >= 0.6 is 0 Å². The van der Waals surface area contributed by atoms with Crippen molar-refractivity contribution in [3.8, 4) is 5.75 Å². The number of para-hydroxylation sites is 3. The SMILES string of the molecule is COc1ccccc1NCC(=O)N1c2ccccc2C[C@@H]1C. The van der Waals surface area contributed by atoms with Crippen molar-refractivity contribution in [1.29, 1.82) is 0 Å². The van der Waals surface area contributed by atoms with Crippen molar-refractivity contribution in [1.82, 2.24) is 0 Å². The highest BCUT2D eigenvalue weighted by Crippen LogP contribution is 2.32. The van der Waals surface area contributed by atoms with Crippen LogP contribution in [0.15, 0.2) is 48.5 Å². The number of rotatable bonds is 4. The molecule has 2 aromatic rings. The van der Waals surface area contributed by atoms with E-state index in [1.165, 1.54) is 5.56 Å². The van der Waals surface area contributed by atoms with Crippen molar-refractivity contribution >= 4 is 17.3 Å². The molecule has 1 N–H and O–H groups in total. The van der Waals surface area contributed by atoms with E-state index in [-0.39, 0.29) is 18.5 Å². The van der Waals surface area contributed by atoms with E-state index in [0.29, 0.717) is 0 Å². The number of benzene rings is 2. The summed E-state index contributed by atoms with van der Waals surface area (Å²) in [5.74, 6) is 0.813. The summed E-state index contributed by atoms with van der Waals surface area (Å²) in [5, 5.41) is 3.18. The Morgan fingerprint density at radius 3 is 2.77 bits per heavy atom. The van der Waals surface area contributed by atoms with E-state index in [1.807, 2.05) is 47.4 Å². The van der Waals surface area contributed by atoms with Gasteiger partial charge in [-0.15, -0.1) is 0 Å². The van der Waals surface area contributed by atoms with Crippen LogP contribution in [0.2, 0.25) is 0 Å². The van der Waals surface area contributed by atoms with E-state index in [2.05, 4.69) is 18.3 Å². The molecular weight excluding hydrogens is 276 g/mol. The van der Waals surface area contributed by atoms with Crippen molar-refractivity contribution in [2.75, 3.05) is 23.9 Å². The number of nitrogens with one attached hydrogen (secondary N) is 1. The fourth-order valence-corrected chi connectivity index (χ4v) is 2.99. The summed E-state index contributed by atoms with van der Waals surface area (Å²) in [7, 11) is 1.63. The second kappa shape index (κ2) is 6.10. The van der Waals surface area contributed by atoms with Gasteiger partial charge in [0, 0.05) is 11.7 Å². The van der Waals surface area contributed by atoms with Gasteiger partial charge in [-0.3, -0.25) is 4.79 Å². The van der Waals surface area contributed by atoms with Crippen LogP contribution in [-0.4, -0.2) is 25.6 Å². The lowest BCUT2D eigenvalue weighted by Crippen LogP contribution is -2.39. The molecule has 1 aliphatic rings. The molecule has 0 saturated heterocycles. The molecule has 0 fully saturated rings. The predicted octanol–water partition coefficient (Wildman–Crippen LogP) is 3.08. The van der Waals surface area contributed by atoms with Crippen molar-refractivity contribution in [2.24, 2.45) is 0 Å². The van der Waals surface area contributed by atoms with Gasteiger partial charge in [0.15, 0.2) is 0 Å². The van der Waals surface area contributed by atoms with Crippen molar-refractivity contribution in [3.63, 3.8) is 0 Å². The fourth-order valence-electron chi connectivity index (χ4n) is 2.99. The summed E-state index contributed by atoms with van der Waals surface area (Å²) in [4.78, 5) is 14.5. The maximum atomic E-state index is 12.6. The molecule has 22 heavy (non-hydrogen) atoms. The van der Waals surface area contributed by atoms with Crippen LogP contribution in [0.4, 0.5) is 11.4 Å². The smallest absolute Gasteiger partial charge is 0.246 e. The topological polar surface area (TPSA) is 41.6 Å². The predicted molar refractivity (Wildman–Crippen MR) is 88.6 cm³/mol. The molecular formula is C18H20N2O2. The Bertz CT molecular complexity index is 684. The Kier molecular flexibility index (Phi) is 4.00. The van der Waals surface area contributed by atoms with E-state index in [4.69, 9.17) is 4.74 Å². The monoisotopic (exact) mass is 296 g/mol. The number of carbonyl (C=O) groups is 1. The third-order valence-electron chi connectivity index (χ3n) is 4.01. The molecule has 1 amide bonds. The number of hydrogen-bond acceptors (Lipinski definition) is 3. The molecule has 1 atom stereocenters. The van der Waals surface area contributed by atoms with Crippen LogP contribution in [0, 0.1) is 0 Å². The molecule has 2 aromatic carbocycles. The first-order valence-electron chi connectivity index (χ1n) is 7.47. The number of nitrogens with zero attached hydrogens (tertiary/aromatic N) is 1. The molecule has 0 radical (unpaired) electrons. The molecule has 0 spiro atoms. The highest BCUT2D eigenvalue weighted by atomic mass is 16.5. The van der Waals surface area contributed by atoms with Crippen molar-refractivity contribution in [3.05, 3.63) is 54.1 Å². The molecule has 4 heteroatoms. The van der Waals surface area contributed by atoms with Crippen molar-refractivity contribution < 1.29 is 9.53 Å².